The number of hydrogen-bond acceptors (Lipinski definition) is 6. The summed E-state index contributed by atoms with van der Waals surface area (Å²) in [5.41, 5.74) is 2.01. The second-order valence-electron chi connectivity index (χ2n) is 13.4. The SMILES string of the molecule is COc1cc([C@H]2C3=CC[C@@H]4C(=O)N(c5ccc(Cl)cc5)C(=O)[C@@H]4[C@@H]3C[C@H]3C(=O)C(c4ccccc4)=CC(=O)[C@@]23c2ccccc2)c(Br)c(Br)c1O. The number of benzene rings is 4. The summed E-state index contributed by atoms with van der Waals surface area (Å²) in [4.78, 5) is 60.2. The van der Waals surface area contributed by atoms with Gasteiger partial charge in [0.1, 0.15) is 0 Å². The molecule has 6 atom stereocenters. The van der Waals surface area contributed by atoms with Crippen LogP contribution in [0.1, 0.15) is 35.4 Å². The Hall–Kier alpha value is -4.31. The van der Waals surface area contributed by atoms with Crippen LogP contribution in [0.25, 0.3) is 5.57 Å². The van der Waals surface area contributed by atoms with E-state index in [1.165, 1.54) is 18.1 Å². The molecular weight excluding hydrogens is 798 g/mol. The van der Waals surface area contributed by atoms with Crippen LogP contribution in [0.2, 0.25) is 5.02 Å². The summed E-state index contributed by atoms with van der Waals surface area (Å²) in [6, 6.07) is 26.8. The average molecular weight is 828 g/mol. The predicted molar refractivity (Wildman–Crippen MR) is 201 cm³/mol. The summed E-state index contributed by atoms with van der Waals surface area (Å²) >= 11 is 13.4. The minimum absolute atomic E-state index is 0.129. The maximum atomic E-state index is 15.3. The molecule has 1 saturated heterocycles. The number of carbonyl (C=O) groups is 4. The van der Waals surface area contributed by atoms with Crippen LogP contribution < -0.4 is 9.64 Å². The maximum absolute atomic E-state index is 15.3. The number of nitrogens with zero attached hydrogens (tertiary/aromatic N) is 1. The first kappa shape index (κ1) is 33.8. The largest absolute Gasteiger partial charge is 0.503 e. The first-order valence-corrected chi connectivity index (χ1v) is 18.5. The molecule has 10 heteroatoms. The van der Waals surface area contributed by atoms with Crippen molar-refractivity contribution in [3.8, 4) is 11.5 Å². The first-order valence-electron chi connectivity index (χ1n) is 16.6. The summed E-state index contributed by atoms with van der Waals surface area (Å²) in [7, 11) is 1.45. The Morgan fingerprint density at radius 2 is 1.53 bits per heavy atom. The van der Waals surface area contributed by atoms with Gasteiger partial charge in [0.25, 0.3) is 0 Å². The van der Waals surface area contributed by atoms with Crippen molar-refractivity contribution in [3.63, 3.8) is 0 Å². The van der Waals surface area contributed by atoms with E-state index < -0.39 is 35.0 Å². The van der Waals surface area contributed by atoms with Crippen LogP contribution in [-0.2, 0) is 24.6 Å². The second-order valence-corrected chi connectivity index (χ2v) is 15.4. The highest BCUT2D eigenvalue weighted by Gasteiger charge is 2.66. The van der Waals surface area contributed by atoms with Crippen LogP contribution in [0.4, 0.5) is 5.69 Å². The number of halogens is 3. The zero-order chi connectivity index (χ0) is 35.8. The van der Waals surface area contributed by atoms with E-state index in [1.807, 2.05) is 66.7 Å². The molecule has 1 N–H and O–H groups in total. The van der Waals surface area contributed by atoms with Gasteiger partial charge in [-0.3, -0.25) is 24.1 Å². The third-order valence-electron chi connectivity index (χ3n) is 11.2. The fourth-order valence-corrected chi connectivity index (χ4v) is 10.1. The molecule has 7 nitrogen and oxygen atoms in total. The maximum Gasteiger partial charge on any atom is 0.238 e. The van der Waals surface area contributed by atoms with Crippen LogP contribution in [0.15, 0.2) is 118 Å². The molecule has 0 radical (unpaired) electrons. The Morgan fingerprint density at radius 1 is 0.863 bits per heavy atom. The zero-order valence-corrected chi connectivity index (χ0v) is 31.1. The van der Waals surface area contributed by atoms with Gasteiger partial charge in [0, 0.05) is 26.9 Å². The van der Waals surface area contributed by atoms with Crippen LogP contribution >= 0.6 is 43.5 Å². The number of phenolic OH excluding ortho intramolecular Hbond substituents is 1. The highest BCUT2D eigenvalue weighted by molar-refractivity contribution is 9.13. The monoisotopic (exact) mass is 825 g/mol. The molecule has 1 aliphatic heterocycles. The molecule has 51 heavy (non-hydrogen) atoms. The number of carbonyl (C=O) groups excluding carboxylic acids is 4. The number of allylic oxidation sites excluding steroid dienone is 4. The highest BCUT2D eigenvalue weighted by Crippen LogP contribution is 2.65. The standard InChI is InChI=1S/C41H30Br2ClNO6/c1-51-31-19-29(35(42)36(43)38(31)48)34-25-16-17-26-33(40(50)45(39(26)49)24-14-12-23(44)13-15-24)28(25)18-30-37(47)27(21-8-4-2-5-9-21)20-32(46)41(30,34)22-10-6-3-7-11-22/h2-16,19-20,26,28,30,33-34,48H,17-18H2,1H3/t26-,28+,30-,33-,34+,41-/m0/s1. The van der Waals surface area contributed by atoms with Gasteiger partial charge in [-0.05, 0) is 104 Å². The Balaban J connectivity index is 1.40. The second kappa shape index (κ2) is 12.7. The van der Waals surface area contributed by atoms with Gasteiger partial charge < -0.3 is 9.84 Å². The molecule has 0 aromatic heterocycles. The summed E-state index contributed by atoms with van der Waals surface area (Å²) in [6.07, 6.45) is 3.93. The number of amides is 2. The number of aromatic hydroxyl groups is 1. The van der Waals surface area contributed by atoms with Crippen LogP contribution in [-0.4, -0.2) is 35.6 Å². The van der Waals surface area contributed by atoms with Crippen molar-refractivity contribution in [2.24, 2.45) is 23.7 Å². The smallest absolute Gasteiger partial charge is 0.238 e. The number of hydrogen-bond donors (Lipinski definition) is 1. The lowest BCUT2D eigenvalue weighted by molar-refractivity contribution is -0.135. The minimum atomic E-state index is -1.43. The summed E-state index contributed by atoms with van der Waals surface area (Å²) in [5, 5.41) is 11.5. The van der Waals surface area contributed by atoms with E-state index in [2.05, 4.69) is 31.9 Å². The number of fused-ring (bicyclic) bond motifs is 4. The molecule has 3 aliphatic carbocycles. The Morgan fingerprint density at radius 3 is 2.20 bits per heavy atom. The van der Waals surface area contributed by atoms with E-state index >= 15 is 9.59 Å². The molecule has 4 aromatic rings. The third kappa shape index (κ3) is 4.95. The predicted octanol–water partition coefficient (Wildman–Crippen LogP) is 8.61. The van der Waals surface area contributed by atoms with Crippen molar-refractivity contribution in [1.82, 2.24) is 0 Å². The van der Waals surface area contributed by atoms with E-state index in [0.29, 0.717) is 41.9 Å². The van der Waals surface area contributed by atoms with Gasteiger partial charge in [-0.15, -0.1) is 0 Å². The Labute approximate surface area is 316 Å². The molecule has 4 aromatic carbocycles. The van der Waals surface area contributed by atoms with Crippen molar-refractivity contribution >= 4 is 78.1 Å². The normalized spacial score (nSPS) is 27.0. The lowest BCUT2D eigenvalue weighted by Crippen LogP contribution is -2.59. The van der Waals surface area contributed by atoms with Crippen molar-refractivity contribution in [2.45, 2.75) is 24.2 Å². The highest BCUT2D eigenvalue weighted by atomic mass is 79.9. The Bertz CT molecular complexity index is 2200. The molecule has 256 valence electrons. The van der Waals surface area contributed by atoms with E-state index in [-0.39, 0.29) is 47.7 Å². The fraction of sp³-hybridized carbons (Fsp3) is 0.220. The van der Waals surface area contributed by atoms with Gasteiger partial charge in [-0.25, -0.2) is 0 Å². The van der Waals surface area contributed by atoms with Gasteiger partial charge >= 0.3 is 0 Å². The molecule has 0 unspecified atom stereocenters. The Kier molecular flexibility index (Phi) is 8.44. The molecule has 2 amide bonds. The summed E-state index contributed by atoms with van der Waals surface area (Å²) in [6.45, 7) is 0. The first-order chi connectivity index (χ1) is 24.6. The van der Waals surface area contributed by atoms with Gasteiger partial charge in [-0.2, -0.15) is 0 Å². The molecule has 2 fully saturated rings. The number of rotatable bonds is 5. The quantitative estimate of drug-likeness (QED) is 0.160. The number of Topliss-reactive ketones (excluding diaryl/α,β-unsaturated/α-hetero) is 1. The van der Waals surface area contributed by atoms with Crippen LogP contribution in [0.3, 0.4) is 0 Å². The molecule has 1 saturated carbocycles. The lowest BCUT2D eigenvalue weighted by atomic mass is 9.44. The van der Waals surface area contributed by atoms with Crippen molar-refractivity contribution in [3.05, 3.63) is 139 Å². The minimum Gasteiger partial charge on any atom is -0.503 e. The number of anilines is 1. The number of phenols is 1. The zero-order valence-electron chi connectivity index (χ0n) is 27.2. The number of ketones is 2. The molecule has 1 heterocycles. The summed E-state index contributed by atoms with van der Waals surface area (Å²) < 4.78 is 6.43. The van der Waals surface area contributed by atoms with E-state index in [4.69, 9.17) is 16.3 Å². The third-order valence-corrected chi connectivity index (χ3v) is 13.6. The molecular formula is C41H30Br2ClNO6. The van der Waals surface area contributed by atoms with E-state index in [1.54, 1.807) is 30.3 Å². The number of imide groups is 1. The van der Waals surface area contributed by atoms with Crippen molar-refractivity contribution in [1.29, 1.82) is 0 Å². The summed E-state index contributed by atoms with van der Waals surface area (Å²) in [5.74, 6) is -4.70. The van der Waals surface area contributed by atoms with E-state index in [0.717, 1.165) is 5.57 Å². The van der Waals surface area contributed by atoms with Gasteiger partial charge in [0.05, 0.1) is 34.5 Å². The van der Waals surface area contributed by atoms with Crippen LogP contribution in [0.5, 0.6) is 11.5 Å². The molecule has 0 bridgehead atoms. The number of methoxy groups -OCH3 is 1. The molecule has 0 spiro atoms. The van der Waals surface area contributed by atoms with Gasteiger partial charge in [-0.1, -0.05) is 83.9 Å². The van der Waals surface area contributed by atoms with E-state index in [9.17, 15) is 14.7 Å². The van der Waals surface area contributed by atoms with Crippen molar-refractivity contribution < 1.29 is 29.0 Å². The van der Waals surface area contributed by atoms with Gasteiger partial charge in [0.2, 0.25) is 11.8 Å². The fourth-order valence-electron chi connectivity index (χ4n) is 9.04. The lowest BCUT2D eigenvalue weighted by Gasteiger charge is -2.55. The van der Waals surface area contributed by atoms with Gasteiger partial charge in [0.15, 0.2) is 23.1 Å². The number of ether oxygens (including phenoxy) is 1. The topological polar surface area (TPSA) is 101 Å². The average Bonchev–Trinajstić information content (AvgIpc) is 3.41. The van der Waals surface area contributed by atoms with Crippen molar-refractivity contribution in [2.75, 3.05) is 12.0 Å². The molecule has 4 aliphatic rings. The van der Waals surface area contributed by atoms with Crippen LogP contribution in [0, 0.1) is 23.7 Å². The molecule has 8 rings (SSSR count).